The van der Waals surface area contributed by atoms with E-state index in [9.17, 15) is 0 Å². The molecule has 0 radical (unpaired) electrons. The number of hydrogen-bond donors (Lipinski definition) is 0. The van der Waals surface area contributed by atoms with E-state index in [4.69, 9.17) is 4.74 Å². The molecule has 3 fully saturated rings. The van der Waals surface area contributed by atoms with E-state index in [1.54, 1.807) is 0 Å². The molecule has 0 aliphatic carbocycles. The SMILES string of the molecule is C1CN2CCN1CC2.CCOCC. The molecule has 2 bridgehead atoms. The van der Waals surface area contributed by atoms with Crippen molar-refractivity contribution < 1.29 is 4.74 Å². The first kappa shape index (κ1) is 11.0. The van der Waals surface area contributed by atoms with Gasteiger partial charge in [0.1, 0.15) is 0 Å². The van der Waals surface area contributed by atoms with E-state index in [0.717, 1.165) is 13.2 Å². The maximum absolute atomic E-state index is 4.83. The van der Waals surface area contributed by atoms with Crippen LogP contribution in [-0.4, -0.2) is 62.3 Å². The van der Waals surface area contributed by atoms with Crippen molar-refractivity contribution in [3.8, 4) is 0 Å². The van der Waals surface area contributed by atoms with Gasteiger partial charge in [-0.15, -0.1) is 0 Å². The van der Waals surface area contributed by atoms with Gasteiger partial charge in [0.05, 0.1) is 0 Å². The zero-order valence-corrected chi connectivity index (χ0v) is 8.96. The Balaban J connectivity index is 0.000000149. The summed E-state index contributed by atoms with van der Waals surface area (Å²) in [6.45, 7) is 13.6. The molecule has 0 unspecified atom stereocenters. The largest absolute Gasteiger partial charge is 0.382 e. The fourth-order valence-corrected chi connectivity index (χ4v) is 1.72. The quantitative estimate of drug-likeness (QED) is 0.630. The fourth-order valence-electron chi connectivity index (χ4n) is 1.72. The summed E-state index contributed by atoms with van der Waals surface area (Å²) in [5, 5.41) is 0. The molecule has 0 saturated carbocycles. The third kappa shape index (κ3) is 4.07. The maximum Gasteiger partial charge on any atom is 0.0437 e. The van der Waals surface area contributed by atoms with Crippen molar-refractivity contribution in [3.63, 3.8) is 0 Å². The van der Waals surface area contributed by atoms with E-state index in [1.807, 2.05) is 13.8 Å². The van der Waals surface area contributed by atoms with Crippen LogP contribution in [0.4, 0.5) is 0 Å². The highest BCUT2D eigenvalue weighted by atomic mass is 16.5. The molecule has 0 N–H and O–H groups in total. The van der Waals surface area contributed by atoms with Gasteiger partial charge in [0.25, 0.3) is 0 Å². The van der Waals surface area contributed by atoms with Gasteiger partial charge in [-0.1, -0.05) is 0 Å². The predicted octanol–water partition coefficient (Wildman–Crippen LogP) is 0.660. The second-order valence-electron chi connectivity index (χ2n) is 3.46. The molecule has 3 saturated heterocycles. The Morgan fingerprint density at radius 2 is 1.08 bits per heavy atom. The first-order chi connectivity index (χ1) is 6.36. The van der Waals surface area contributed by atoms with E-state index in [1.165, 1.54) is 39.3 Å². The molecule has 13 heavy (non-hydrogen) atoms. The van der Waals surface area contributed by atoms with Crippen molar-refractivity contribution in [2.75, 3.05) is 52.5 Å². The normalized spacial score (nSPS) is 30.9. The summed E-state index contributed by atoms with van der Waals surface area (Å²) in [5.74, 6) is 0. The van der Waals surface area contributed by atoms with E-state index in [-0.39, 0.29) is 0 Å². The molecule has 0 spiro atoms. The van der Waals surface area contributed by atoms with E-state index < -0.39 is 0 Å². The Labute approximate surface area is 81.7 Å². The van der Waals surface area contributed by atoms with Crippen LogP contribution in [0.3, 0.4) is 0 Å². The van der Waals surface area contributed by atoms with Gasteiger partial charge >= 0.3 is 0 Å². The molecule has 3 rings (SSSR count). The molecule has 0 aromatic rings. The van der Waals surface area contributed by atoms with E-state index >= 15 is 0 Å². The van der Waals surface area contributed by atoms with Gasteiger partial charge in [0, 0.05) is 52.5 Å². The number of nitrogens with zero attached hydrogens (tertiary/aromatic N) is 2. The summed E-state index contributed by atoms with van der Waals surface area (Å²) >= 11 is 0. The Kier molecular flexibility index (Phi) is 5.35. The van der Waals surface area contributed by atoms with Crippen LogP contribution in [-0.2, 0) is 4.74 Å². The Morgan fingerprint density at radius 1 is 0.769 bits per heavy atom. The summed E-state index contributed by atoms with van der Waals surface area (Å²) in [5.41, 5.74) is 0. The number of rotatable bonds is 2. The van der Waals surface area contributed by atoms with Crippen molar-refractivity contribution in [1.29, 1.82) is 0 Å². The second kappa shape index (κ2) is 6.35. The summed E-state index contributed by atoms with van der Waals surface area (Å²) in [7, 11) is 0. The fraction of sp³-hybridized carbons (Fsp3) is 1.00. The minimum Gasteiger partial charge on any atom is -0.382 e. The number of fused-ring (bicyclic) bond motifs is 3. The van der Waals surface area contributed by atoms with Gasteiger partial charge in [-0.2, -0.15) is 0 Å². The number of ether oxygens (including phenoxy) is 1. The molecule has 3 aliphatic heterocycles. The lowest BCUT2D eigenvalue weighted by molar-refractivity contribution is 0.0647. The van der Waals surface area contributed by atoms with Gasteiger partial charge in [-0.05, 0) is 13.8 Å². The smallest absolute Gasteiger partial charge is 0.0437 e. The Morgan fingerprint density at radius 3 is 1.15 bits per heavy atom. The van der Waals surface area contributed by atoms with Crippen LogP contribution in [0.5, 0.6) is 0 Å². The van der Waals surface area contributed by atoms with Crippen LogP contribution in [0.2, 0.25) is 0 Å². The van der Waals surface area contributed by atoms with Crippen LogP contribution in [0.1, 0.15) is 13.8 Å². The highest BCUT2D eigenvalue weighted by molar-refractivity contribution is 4.78. The average Bonchev–Trinajstić information content (AvgIpc) is 2.23. The molecule has 0 amide bonds. The van der Waals surface area contributed by atoms with Crippen LogP contribution in [0, 0.1) is 0 Å². The molecule has 3 heteroatoms. The lowest BCUT2D eigenvalue weighted by atomic mass is 10.2. The van der Waals surface area contributed by atoms with Gasteiger partial charge in [-0.25, -0.2) is 0 Å². The van der Waals surface area contributed by atoms with Crippen LogP contribution < -0.4 is 0 Å². The second-order valence-corrected chi connectivity index (χ2v) is 3.46. The van der Waals surface area contributed by atoms with E-state index in [0.29, 0.717) is 0 Å². The summed E-state index contributed by atoms with van der Waals surface area (Å²) in [6.07, 6.45) is 0. The van der Waals surface area contributed by atoms with Crippen LogP contribution >= 0.6 is 0 Å². The standard InChI is InChI=1S/C6H12N2.C4H10O/c1-2-8-5-3-7(1)4-6-8;1-3-5-4-2/h1-6H2;3-4H2,1-2H3. The van der Waals surface area contributed by atoms with Crippen molar-refractivity contribution in [2.45, 2.75) is 13.8 Å². The minimum absolute atomic E-state index is 0.844. The molecule has 3 aliphatic rings. The molecule has 78 valence electrons. The molecule has 3 heterocycles. The topological polar surface area (TPSA) is 15.7 Å². The highest BCUT2D eigenvalue weighted by Gasteiger charge is 2.21. The van der Waals surface area contributed by atoms with Crippen molar-refractivity contribution >= 4 is 0 Å². The van der Waals surface area contributed by atoms with Gasteiger partial charge < -0.3 is 4.74 Å². The Bertz CT molecular complexity index is 97.1. The van der Waals surface area contributed by atoms with Gasteiger partial charge in [-0.3, -0.25) is 9.80 Å². The van der Waals surface area contributed by atoms with Crippen LogP contribution in [0.25, 0.3) is 0 Å². The monoisotopic (exact) mass is 186 g/mol. The van der Waals surface area contributed by atoms with Crippen LogP contribution in [0.15, 0.2) is 0 Å². The zero-order chi connectivity index (χ0) is 9.52. The van der Waals surface area contributed by atoms with Crippen molar-refractivity contribution in [2.24, 2.45) is 0 Å². The molecule has 3 nitrogen and oxygen atoms in total. The molecular weight excluding hydrogens is 164 g/mol. The lowest BCUT2D eigenvalue weighted by Gasteiger charge is -2.41. The lowest BCUT2D eigenvalue weighted by Crippen LogP contribution is -2.55. The summed E-state index contributed by atoms with van der Waals surface area (Å²) in [6, 6.07) is 0. The highest BCUT2D eigenvalue weighted by Crippen LogP contribution is 2.06. The average molecular weight is 186 g/mol. The van der Waals surface area contributed by atoms with E-state index in [2.05, 4.69) is 9.80 Å². The molecule has 0 aromatic carbocycles. The van der Waals surface area contributed by atoms with Gasteiger partial charge in [0.2, 0.25) is 0 Å². The maximum atomic E-state index is 4.83. The zero-order valence-electron chi connectivity index (χ0n) is 8.96. The van der Waals surface area contributed by atoms with Crippen molar-refractivity contribution in [1.82, 2.24) is 9.80 Å². The van der Waals surface area contributed by atoms with Gasteiger partial charge in [0.15, 0.2) is 0 Å². The molecule has 0 atom stereocenters. The minimum atomic E-state index is 0.844. The third-order valence-electron chi connectivity index (χ3n) is 2.61. The molecule has 0 aromatic heterocycles. The summed E-state index contributed by atoms with van der Waals surface area (Å²) < 4.78 is 4.83. The molecular formula is C10H22N2O. The first-order valence-electron chi connectivity index (χ1n) is 5.39. The number of hydrogen-bond acceptors (Lipinski definition) is 3. The first-order valence-corrected chi connectivity index (χ1v) is 5.39. The Hall–Kier alpha value is -0.120. The third-order valence-corrected chi connectivity index (χ3v) is 2.61. The number of piperazine rings is 3. The predicted molar refractivity (Wildman–Crippen MR) is 55.0 cm³/mol. The summed E-state index contributed by atoms with van der Waals surface area (Å²) in [4.78, 5) is 5.08. The van der Waals surface area contributed by atoms with Crippen molar-refractivity contribution in [3.05, 3.63) is 0 Å².